The van der Waals surface area contributed by atoms with Gasteiger partial charge in [0.15, 0.2) is 0 Å². The van der Waals surface area contributed by atoms with Crippen molar-refractivity contribution in [2.75, 3.05) is 32.8 Å². The molecule has 0 unspecified atom stereocenters. The van der Waals surface area contributed by atoms with Crippen LogP contribution in [-0.2, 0) is 18.3 Å². The van der Waals surface area contributed by atoms with Crippen LogP contribution in [0.3, 0.4) is 0 Å². The van der Waals surface area contributed by atoms with E-state index in [9.17, 15) is 4.79 Å². The number of hydrogen-bond acceptors (Lipinski definition) is 3. The van der Waals surface area contributed by atoms with Crippen LogP contribution in [0.1, 0.15) is 22.5 Å². The van der Waals surface area contributed by atoms with Gasteiger partial charge in [-0.25, -0.2) is 0 Å². The molecule has 2 aliphatic heterocycles. The highest BCUT2D eigenvalue weighted by Gasteiger charge is 2.37. The van der Waals surface area contributed by atoms with E-state index in [1.807, 2.05) is 34.8 Å². The number of aryl methyl sites for hydroxylation is 1. The molecule has 1 amide bonds. The molecule has 1 aromatic carbocycles. The Morgan fingerprint density at radius 3 is 2.77 bits per heavy atom. The van der Waals surface area contributed by atoms with Gasteiger partial charge in [-0.3, -0.25) is 9.69 Å². The predicted octanol–water partition coefficient (Wildman–Crippen LogP) is 2.39. The predicted molar refractivity (Wildman–Crippen MR) is 101 cm³/mol. The van der Waals surface area contributed by atoms with Crippen molar-refractivity contribution in [3.8, 4) is 0 Å². The summed E-state index contributed by atoms with van der Waals surface area (Å²) < 4.78 is 7.78. The van der Waals surface area contributed by atoms with Crippen molar-refractivity contribution in [3.63, 3.8) is 0 Å². The zero-order valence-electron chi connectivity index (χ0n) is 15.4. The van der Waals surface area contributed by atoms with E-state index in [-0.39, 0.29) is 5.91 Å². The van der Waals surface area contributed by atoms with Crippen LogP contribution in [0.25, 0.3) is 0 Å². The monoisotopic (exact) mass is 353 g/mol. The number of likely N-dealkylation sites (tertiary alicyclic amines) is 1. The molecule has 5 heteroatoms. The third-order valence-electron chi connectivity index (χ3n) is 5.72. The molecule has 2 aliphatic rings. The first-order valence-corrected chi connectivity index (χ1v) is 9.48. The van der Waals surface area contributed by atoms with Crippen LogP contribution in [0.2, 0.25) is 0 Å². The normalized spacial score (nSPS) is 24.1. The number of ether oxygens (including phenoxy) is 1. The number of piperidine rings is 1. The molecule has 0 N–H and O–H groups in total. The Morgan fingerprint density at radius 2 is 2.00 bits per heavy atom. The lowest BCUT2D eigenvalue weighted by molar-refractivity contribution is 0.0364. The molecule has 0 saturated carbocycles. The van der Waals surface area contributed by atoms with Crippen molar-refractivity contribution < 1.29 is 9.53 Å². The van der Waals surface area contributed by atoms with E-state index in [0.29, 0.717) is 12.0 Å². The Labute approximate surface area is 155 Å². The van der Waals surface area contributed by atoms with Crippen molar-refractivity contribution >= 4 is 5.91 Å². The van der Waals surface area contributed by atoms with Gasteiger partial charge in [0.1, 0.15) is 5.69 Å². The molecule has 138 valence electrons. The fourth-order valence-electron chi connectivity index (χ4n) is 4.21. The second-order valence-corrected chi connectivity index (χ2v) is 7.40. The zero-order chi connectivity index (χ0) is 17.9. The minimum Gasteiger partial charge on any atom is -0.380 e. The molecule has 0 bridgehead atoms. The van der Waals surface area contributed by atoms with Crippen molar-refractivity contribution in [1.82, 2.24) is 14.4 Å². The van der Waals surface area contributed by atoms with Crippen LogP contribution >= 0.6 is 0 Å². The van der Waals surface area contributed by atoms with E-state index in [4.69, 9.17) is 4.74 Å². The zero-order valence-corrected chi connectivity index (χ0v) is 15.4. The van der Waals surface area contributed by atoms with Gasteiger partial charge in [0, 0.05) is 51.4 Å². The van der Waals surface area contributed by atoms with Crippen molar-refractivity contribution in [2.45, 2.75) is 19.0 Å². The highest BCUT2D eigenvalue weighted by atomic mass is 16.5. The Balaban J connectivity index is 1.52. The van der Waals surface area contributed by atoms with Gasteiger partial charge in [-0.05, 0) is 24.1 Å². The second kappa shape index (κ2) is 7.64. The topological polar surface area (TPSA) is 37.7 Å². The second-order valence-electron chi connectivity index (χ2n) is 7.40. The Bertz CT molecular complexity index is 743. The lowest BCUT2D eigenvalue weighted by Crippen LogP contribution is -2.54. The van der Waals surface area contributed by atoms with Crippen LogP contribution in [0.4, 0.5) is 0 Å². The van der Waals surface area contributed by atoms with Crippen molar-refractivity contribution in [3.05, 3.63) is 59.9 Å². The van der Waals surface area contributed by atoms with E-state index in [1.54, 1.807) is 0 Å². The van der Waals surface area contributed by atoms with Gasteiger partial charge >= 0.3 is 0 Å². The number of benzene rings is 1. The first-order valence-electron chi connectivity index (χ1n) is 9.48. The lowest BCUT2D eigenvalue weighted by atomic mass is 9.90. The third-order valence-corrected chi connectivity index (χ3v) is 5.72. The molecule has 3 heterocycles. The van der Waals surface area contributed by atoms with E-state index >= 15 is 0 Å². The maximum atomic E-state index is 13.0. The first-order chi connectivity index (χ1) is 12.7. The smallest absolute Gasteiger partial charge is 0.270 e. The van der Waals surface area contributed by atoms with Gasteiger partial charge < -0.3 is 14.2 Å². The average molecular weight is 353 g/mol. The summed E-state index contributed by atoms with van der Waals surface area (Å²) in [5.74, 6) is 0.638. The van der Waals surface area contributed by atoms with Crippen LogP contribution < -0.4 is 0 Å². The molecule has 4 rings (SSSR count). The molecule has 2 atom stereocenters. The number of amides is 1. The summed E-state index contributed by atoms with van der Waals surface area (Å²) in [5.41, 5.74) is 2.09. The van der Waals surface area contributed by atoms with Gasteiger partial charge in [-0.1, -0.05) is 30.3 Å². The number of rotatable bonds is 3. The number of aromatic nitrogens is 1. The molecule has 0 radical (unpaired) electrons. The number of hydrogen-bond donors (Lipinski definition) is 0. The summed E-state index contributed by atoms with van der Waals surface area (Å²) in [4.78, 5) is 17.5. The van der Waals surface area contributed by atoms with Gasteiger partial charge in [0.05, 0.1) is 13.2 Å². The fraction of sp³-hybridized carbons (Fsp3) is 0.476. The van der Waals surface area contributed by atoms with E-state index in [1.165, 1.54) is 5.56 Å². The van der Waals surface area contributed by atoms with Crippen molar-refractivity contribution in [1.29, 1.82) is 0 Å². The van der Waals surface area contributed by atoms with Crippen LogP contribution in [0.15, 0.2) is 48.7 Å². The molecule has 0 spiro atoms. The van der Waals surface area contributed by atoms with Gasteiger partial charge in [0.25, 0.3) is 5.91 Å². The molecule has 2 aromatic rings. The summed E-state index contributed by atoms with van der Waals surface area (Å²) in [6.45, 7) is 5.01. The summed E-state index contributed by atoms with van der Waals surface area (Å²) in [6.07, 6.45) is 2.94. The van der Waals surface area contributed by atoms with Crippen LogP contribution in [-0.4, -0.2) is 59.2 Å². The largest absolute Gasteiger partial charge is 0.380 e. The minimum absolute atomic E-state index is 0.140. The number of nitrogens with zero attached hydrogens (tertiary/aromatic N) is 3. The van der Waals surface area contributed by atoms with E-state index < -0.39 is 0 Å². The molecular formula is C21H27N3O2. The van der Waals surface area contributed by atoms with Gasteiger partial charge in [0.2, 0.25) is 0 Å². The molecule has 5 nitrogen and oxygen atoms in total. The summed E-state index contributed by atoms with van der Waals surface area (Å²) >= 11 is 0. The van der Waals surface area contributed by atoms with Crippen LogP contribution in [0.5, 0.6) is 0 Å². The highest BCUT2D eigenvalue weighted by Crippen LogP contribution is 2.27. The van der Waals surface area contributed by atoms with Gasteiger partial charge in [-0.15, -0.1) is 0 Å². The maximum Gasteiger partial charge on any atom is 0.270 e. The van der Waals surface area contributed by atoms with E-state index in [2.05, 4.69) is 35.2 Å². The van der Waals surface area contributed by atoms with E-state index in [0.717, 1.165) is 51.5 Å². The third kappa shape index (κ3) is 3.55. The first kappa shape index (κ1) is 17.3. The average Bonchev–Trinajstić information content (AvgIpc) is 3.00. The number of carbonyl (C=O) groups excluding carboxylic acids is 1. The maximum absolute atomic E-state index is 13.0. The minimum atomic E-state index is 0.140. The number of fused-ring (bicyclic) bond motifs is 1. The molecule has 2 saturated heterocycles. The van der Waals surface area contributed by atoms with Crippen LogP contribution in [0, 0.1) is 5.92 Å². The highest BCUT2D eigenvalue weighted by molar-refractivity contribution is 5.92. The molecule has 26 heavy (non-hydrogen) atoms. The molecule has 2 fully saturated rings. The Kier molecular flexibility index (Phi) is 5.09. The molecule has 1 aromatic heterocycles. The fourth-order valence-corrected chi connectivity index (χ4v) is 4.21. The lowest BCUT2D eigenvalue weighted by Gasteiger charge is -2.42. The molecule has 0 aliphatic carbocycles. The SMILES string of the molecule is Cn1cccc1C(=O)N1CC[C@@H]2COCCN(Cc3ccccc3)[C@@H]2C1. The summed E-state index contributed by atoms with van der Waals surface area (Å²) in [7, 11) is 1.93. The number of carbonyl (C=O) groups is 1. The summed E-state index contributed by atoms with van der Waals surface area (Å²) in [6, 6.07) is 14.8. The Hall–Kier alpha value is -2.11. The molecular weight excluding hydrogens is 326 g/mol. The summed E-state index contributed by atoms with van der Waals surface area (Å²) in [5, 5.41) is 0. The quantitative estimate of drug-likeness (QED) is 0.850. The Morgan fingerprint density at radius 1 is 1.15 bits per heavy atom. The standard InChI is InChI=1S/C21H27N3O2/c1-22-10-5-8-19(22)21(25)24-11-9-18-16-26-13-12-23(20(18)15-24)14-17-6-3-2-4-7-17/h2-8,10,18,20H,9,11-16H2,1H3/t18-,20-/m1/s1. The van der Waals surface area contributed by atoms with Crippen molar-refractivity contribution in [2.24, 2.45) is 13.0 Å². The van der Waals surface area contributed by atoms with Gasteiger partial charge in [-0.2, -0.15) is 0 Å².